The number of amides is 1. The van der Waals surface area contributed by atoms with E-state index in [2.05, 4.69) is 20.9 Å². The third kappa shape index (κ3) is 3.14. The lowest BCUT2D eigenvalue weighted by Gasteiger charge is -2.21. The molecule has 0 saturated carbocycles. The van der Waals surface area contributed by atoms with E-state index < -0.39 is 0 Å². The lowest BCUT2D eigenvalue weighted by atomic mass is 10.2. The van der Waals surface area contributed by atoms with E-state index in [1.165, 1.54) is 0 Å². The van der Waals surface area contributed by atoms with Crippen molar-refractivity contribution in [2.45, 2.75) is 6.92 Å². The van der Waals surface area contributed by atoms with Gasteiger partial charge in [0.2, 0.25) is 0 Å². The van der Waals surface area contributed by atoms with E-state index in [0.29, 0.717) is 17.1 Å². The molecule has 0 radical (unpaired) electrons. The topological polar surface area (TPSA) is 33.2 Å². The van der Waals surface area contributed by atoms with Gasteiger partial charge in [0.15, 0.2) is 0 Å². The number of carbonyl (C=O) groups is 1. The molecular weight excluding hydrogens is 328 g/mol. The van der Waals surface area contributed by atoms with Gasteiger partial charge in [-0.1, -0.05) is 27.5 Å². The van der Waals surface area contributed by atoms with Gasteiger partial charge in [-0.25, -0.2) is 0 Å². The Morgan fingerprint density at radius 3 is 2.63 bits per heavy atom. The Labute approximate surface area is 125 Å². The van der Waals surface area contributed by atoms with Crippen LogP contribution in [0.5, 0.6) is 0 Å². The first-order chi connectivity index (χ1) is 9.13. The average molecular weight is 340 g/mol. The summed E-state index contributed by atoms with van der Waals surface area (Å²) in [6.07, 6.45) is 3.32. The van der Waals surface area contributed by atoms with Crippen LogP contribution in [0.3, 0.4) is 0 Å². The summed E-state index contributed by atoms with van der Waals surface area (Å²) in [4.78, 5) is 18.2. The molecule has 1 aromatic heterocycles. The van der Waals surface area contributed by atoms with Crippen molar-refractivity contribution in [1.29, 1.82) is 0 Å². The van der Waals surface area contributed by atoms with Crippen LogP contribution in [0, 0.1) is 0 Å². The molecule has 1 aromatic carbocycles. The summed E-state index contributed by atoms with van der Waals surface area (Å²) in [5, 5.41) is 0.445. The quantitative estimate of drug-likeness (QED) is 0.841. The number of rotatable bonds is 3. The van der Waals surface area contributed by atoms with E-state index in [4.69, 9.17) is 11.6 Å². The Bertz CT molecular complexity index is 589. The van der Waals surface area contributed by atoms with Gasteiger partial charge < -0.3 is 4.90 Å². The Morgan fingerprint density at radius 1 is 1.32 bits per heavy atom. The van der Waals surface area contributed by atoms with Crippen molar-refractivity contribution < 1.29 is 4.79 Å². The molecule has 0 bridgehead atoms. The van der Waals surface area contributed by atoms with Gasteiger partial charge >= 0.3 is 0 Å². The molecule has 2 aromatic rings. The molecule has 98 valence electrons. The molecule has 0 aliphatic carbocycles. The van der Waals surface area contributed by atoms with Crippen LogP contribution in [0.1, 0.15) is 17.3 Å². The predicted molar refractivity (Wildman–Crippen MR) is 80.7 cm³/mol. The Balaban J connectivity index is 2.39. The normalized spacial score (nSPS) is 10.3. The molecular formula is C14H12BrClN2O. The van der Waals surface area contributed by atoms with Gasteiger partial charge in [-0.3, -0.25) is 9.78 Å². The highest BCUT2D eigenvalue weighted by molar-refractivity contribution is 9.10. The second-order valence-corrected chi connectivity index (χ2v) is 5.20. The van der Waals surface area contributed by atoms with E-state index in [9.17, 15) is 4.79 Å². The standard InChI is InChI=1S/C14H12BrClN2O/c1-2-18(11-5-7-17-8-6-11)14(19)12-9-10(15)3-4-13(12)16/h3-9H,2H2,1H3. The van der Waals surface area contributed by atoms with E-state index in [0.717, 1.165) is 10.2 Å². The highest BCUT2D eigenvalue weighted by Gasteiger charge is 2.18. The first kappa shape index (κ1) is 14.0. The van der Waals surface area contributed by atoms with Crippen molar-refractivity contribution >= 4 is 39.1 Å². The first-order valence-electron chi connectivity index (χ1n) is 5.80. The number of hydrogen-bond acceptors (Lipinski definition) is 2. The predicted octanol–water partition coefficient (Wildman–Crippen LogP) is 4.16. The molecule has 0 atom stereocenters. The minimum absolute atomic E-state index is 0.125. The van der Waals surface area contributed by atoms with Crippen molar-refractivity contribution in [2.75, 3.05) is 11.4 Å². The van der Waals surface area contributed by atoms with Crippen LogP contribution >= 0.6 is 27.5 Å². The summed E-state index contributed by atoms with van der Waals surface area (Å²) in [6.45, 7) is 2.48. The highest BCUT2D eigenvalue weighted by Crippen LogP contribution is 2.24. The van der Waals surface area contributed by atoms with E-state index >= 15 is 0 Å². The van der Waals surface area contributed by atoms with Crippen LogP contribution in [-0.2, 0) is 0 Å². The number of aromatic nitrogens is 1. The number of benzene rings is 1. The van der Waals surface area contributed by atoms with E-state index in [1.54, 1.807) is 41.6 Å². The fourth-order valence-corrected chi connectivity index (χ4v) is 2.33. The second-order valence-electron chi connectivity index (χ2n) is 3.88. The first-order valence-corrected chi connectivity index (χ1v) is 6.97. The van der Waals surface area contributed by atoms with Crippen molar-refractivity contribution in [1.82, 2.24) is 4.98 Å². The van der Waals surface area contributed by atoms with Gasteiger partial charge in [-0.2, -0.15) is 0 Å². The molecule has 5 heteroatoms. The number of anilines is 1. The smallest absolute Gasteiger partial charge is 0.259 e. The maximum atomic E-state index is 12.5. The van der Waals surface area contributed by atoms with Gasteiger partial charge in [0.1, 0.15) is 0 Å². The lowest BCUT2D eigenvalue weighted by molar-refractivity contribution is 0.0988. The minimum Gasteiger partial charge on any atom is -0.308 e. The molecule has 0 saturated heterocycles. The number of halogens is 2. The summed E-state index contributed by atoms with van der Waals surface area (Å²) in [7, 11) is 0. The fourth-order valence-electron chi connectivity index (χ4n) is 1.77. The summed E-state index contributed by atoms with van der Waals surface area (Å²) in [6, 6.07) is 8.84. The van der Waals surface area contributed by atoms with Crippen LogP contribution < -0.4 is 4.90 Å². The molecule has 0 fully saturated rings. The monoisotopic (exact) mass is 338 g/mol. The van der Waals surface area contributed by atoms with Crippen LogP contribution in [0.25, 0.3) is 0 Å². The van der Waals surface area contributed by atoms with E-state index in [-0.39, 0.29) is 5.91 Å². The van der Waals surface area contributed by atoms with Gasteiger partial charge in [0, 0.05) is 29.1 Å². The van der Waals surface area contributed by atoms with Gasteiger partial charge in [-0.15, -0.1) is 0 Å². The molecule has 0 N–H and O–H groups in total. The summed E-state index contributed by atoms with van der Waals surface area (Å²) < 4.78 is 0.825. The molecule has 19 heavy (non-hydrogen) atoms. The number of carbonyl (C=O) groups excluding carboxylic acids is 1. The fraction of sp³-hybridized carbons (Fsp3) is 0.143. The number of pyridine rings is 1. The molecule has 3 nitrogen and oxygen atoms in total. The van der Waals surface area contributed by atoms with Crippen LogP contribution in [0.4, 0.5) is 5.69 Å². The van der Waals surface area contributed by atoms with Crippen molar-refractivity contribution in [3.63, 3.8) is 0 Å². The Morgan fingerprint density at radius 2 is 2.00 bits per heavy atom. The molecule has 1 heterocycles. The van der Waals surface area contributed by atoms with Crippen LogP contribution in [0.15, 0.2) is 47.2 Å². The van der Waals surface area contributed by atoms with Crippen molar-refractivity contribution in [3.05, 3.63) is 57.8 Å². The molecule has 2 rings (SSSR count). The maximum Gasteiger partial charge on any atom is 0.259 e. The molecule has 1 amide bonds. The average Bonchev–Trinajstić information content (AvgIpc) is 2.43. The van der Waals surface area contributed by atoms with Gasteiger partial charge in [0.05, 0.1) is 10.6 Å². The second kappa shape index (κ2) is 6.17. The summed E-state index contributed by atoms with van der Waals surface area (Å²) in [5.74, 6) is -0.125. The van der Waals surface area contributed by atoms with Crippen LogP contribution in [-0.4, -0.2) is 17.4 Å². The van der Waals surface area contributed by atoms with E-state index in [1.807, 2.05) is 13.0 Å². The SMILES string of the molecule is CCN(C(=O)c1cc(Br)ccc1Cl)c1ccncc1. The molecule has 0 aliphatic heterocycles. The minimum atomic E-state index is -0.125. The van der Waals surface area contributed by atoms with Gasteiger partial charge in [0.25, 0.3) is 5.91 Å². The summed E-state index contributed by atoms with van der Waals surface area (Å²) >= 11 is 9.45. The lowest BCUT2D eigenvalue weighted by Crippen LogP contribution is -2.30. The third-order valence-corrected chi connectivity index (χ3v) is 3.52. The number of hydrogen-bond donors (Lipinski definition) is 0. The van der Waals surface area contributed by atoms with Crippen molar-refractivity contribution in [2.24, 2.45) is 0 Å². The zero-order chi connectivity index (χ0) is 13.8. The Hall–Kier alpha value is -1.39. The molecule has 0 unspecified atom stereocenters. The maximum absolute atomic E-state index is 12.5. The third-order valence-electron chi connectivity index (χ3n) is 2.69. The molecule has 0 aliphatic rings. The largest absolute Gasteiger partial charge is 0.308 e. The molecule has 0 spiro atoms. The van der Waals surface area contributed by atoms with Crippen LogP contribution in [0.2, 0.25) is 5.02 Å². The van der Waals surface area contributed by atoms with Gasteiger partial charge in [-0.05, 0) is 37.3 Å². The zero-order valence-electron chi connectivity index (χ0n) is 10.3. The highest BCUT2D eigenvalue weighted by atomic mass is 79.9. The zero-order valence-corrected chi connectivity index (χ0v) is 12.6. The number of nitrogens with zero attached hydrogens (tertiary/aromatic N) is 2. The van der Waals surface area contributed by atoms with Crippen molar-refractivity contribution in [3.8, 4) is 0 Å². The Kier molecular flexibility index (Phi) is 4.56. The summed E-state index contributed by atoms with van der Waals surface area (Å²) in [5.41, 5.74) is 1.29.